The van der Waals surface area contributed by atoms with Crippen molar-refractivity contribution in [1.82, 2.24) is 9.29 Å². The number of nitrogens with one attached hydrogen (secondary N) is 1. The Hall–Kier alpha value is -1.71. The Balaban J connectivity index is 1.82. The summed E-state index contributed by atoms with van der Waals surface area (Å²) in [5.41, 5.74) is 0.700. The molecule has 1 fully saturated rings. The lowest BCUT2D eigenvalue weighted by Gasteiger charge is -2.20. The third kappa shape index (κ3) is 3.38. The summed E-state index contributed by atoms with van der Waals surface area (Å²) in [5.74, 6) is 0.334. The Morgan fingerprint density at radius 2 is 2.29 bits per heavy atom. The van der Waals surface area contributed by atoms with Gasteiger partial charge in [0.1, 0.15) is 17.3 Å². The van der Waals surface area contributed by atoms with Gasteiger partial charge in [-0.15, -0.1) is 0 Å². The number of sulfonamides is 1. The first-order valence-corrected chi connectivity index (χ1v) is 10.4. The van der Waals surface area contributed by atoms with Crippen LogP contribution >= 0.6 is 11.3 Å². The standard InChI is InChI=1S/C15H19N3O4S2/c1-3-22-11-7-4-8-12-13(11)16-15(23-12)17-14(19)10-6-5-9-18(10)24(2,20)21/h4,7-8,10H,3,5-6,9H2,1-2H3,(H,16,17,19). The molecule has 0 spiro atoms. The molecule has 3 rings (SSSR count). The van der Waals surface area contributed by atoms with Crippen molar-refractivity contribution >= 4 is 42.6 Å². The molecular weight excluding hydrogens is 350 g/mol. The number of thiazole rings is 1. The average molecular weight is 369 g/mol. The van der Waals surface area contributed by atoms with Crippen LogP contribution in [0.1, 0.15) is 19.8 Å². The van der Waals surface area contributed by atoms with E-state index >= 15 is 0 Å². The first-order valence-electron chi connectivity index (χ1n) is 7.70. The predicted molar refractivity (Wildman–Crippen MR) is 94.0 cm³/mol. The summed E-state index contributed by atoms with van der Waals surface area (Å²) in [6.45, 7) is 2.81. The number of benzene rings is 1. The number of rotatable bonds is 5. The van der Waals surface area contributed by atoms with Gasteiger partial charge in [-0.25, -0.2) is 13.4 Å². The molecule has 2 aromatic rings. The lowest BCUT2D eigenvalue weighted by Crippen LogP contribution is -2.42. The molecule has 0 bridgehead atoms. The van der Waals surface area contributed by atoms with Crippen LogP contribution in [0.5, 0.6) is 5.75 Å². The summed E-state index contributed by atoms with van der Waals surface area (Å²) in [6, 6.07) is 4.95. The van der Waals surface area contributed by atoms with Gasteiger partial charge in [-0.2, -0.15) is 4.31 Å². The van der Waals surface area contributed by atoms with E-state index in [-0.39, 0.29) is 5.91 Å². The highest BCUT2D eigenvalue weighted by atomic mass is 32.2. The maximum atomic E-state index is 12.5. The van der Waals surface area contributed by atoms with Crippen molar-refractivity contribution in [3.8, 4) is 5.75 Å². The van der Waals surface area contributed by atoms with Crippen molar-refractivity contribution in [2.45, 2.75) is 25.8 Å². The number of aromatic nitrogens is 1. The summed E-state index contributed by atoms with van der Waals surface area (Å²) in [6.07, 6.45) is 2.33. The molecule has 1 aromatic heterocycles. The molecule has 1 aliphatic rings. The largest absolute Gasteiger partial charge is 0.492 e. The van der Waals surface area contributed by atoms with Crippen LogP contribution in [0.25, 0.3) is 10.2 Å². The van der Waals surface area contributed by atoms with Gasteiger partial charge in [-0.05, 0) is 31.9 Å². The van der Waals surface area contributed by atoms with Crippen molar-refractivity contribution in [2.75, 3.05) is 24.7 Å². The minimum absolute atomic E-state index is 0.338. The molecule has 1 N–H and O–H groups in total. The number of hydrogen-bond acceptors (Lipinski definition) is 6. The zero-order valence-electron chi connectivity index (χ0n) is 13.5. The fraction of sp³-hybridized carbons (Fsp3) is 0.467. The molecule has 0 saturated carbocycles. The van der Waals surface area contributed by atoms with Crippen LogP contribution in [0, 0.1) is 0 Å². The molecule has 1 amide bonds. The quantitative estimate of drug-likeness (QED) is 0.871. The monoisotopic (exact) mass is 369 g/mol. The van der Waals surface area contributed by atoms with Crippen molar-refractivity contribution < 1.29 is 17.9 Å². The lowest BCUT2D eigenvalue weighted by molar-refractivity contribution is -0.119. The fourth-order valence-corrected chi connectivity index (χ4v) is 4.85. The third-order valence-electron chi connectivity index (χ3n) is 3.84. The highest BCUT2D eigenvalue weighted by Gasteiger charge is 2.36. The minimum atomic E-state index is -3.39. The second kappa shape index (κ2) is 6.66. The van der Waals surface area contributed by atoms with Gasteiger partial charge in [0.05, 0.1) is 17.6 Å². The summed E-state index contributed by atoms with van der Waals surface area (Å²) < 4.78 is 31.2. The number of fused-ring (bicyclic) bond motifs is 1. The van der Waals surface area contributed by atoms with Crippen molar-refractivity contribution in [3.63, 3.8) is 0 Å². The van der Waals surface area contributed by atoms with Crippen LogP contribution in [0.3, 0.4) is 0 Å². The number of carbonyl (C=O) groups excluding carboxylic acids is 1. The topological polar surface area (TPSA) is 88.6 Å². The van der Waals surface area contributed by atoms with Crippen LogP contribution < -0.4 is 10.1 Å². The highest BCUT2D eigenvalue weighted by Crippen LogP contribution is 2.33. The maximum Gasteiger partial charge on any atom is 0.244 e. The van der Waals surface area contributed by atoms with E-state index in [1.807, 2.05) is 25.1 Å². The second-order valence-electron chi connectivity index (χ2n) is 5.58. The number of nitrogens with zero attached hydrogens (tertiary/aromatic N) is 2. The van der Waals surface area contributed by atoms with E-state index in [1.165, 1.54) is 15.6 Å². The first-order chi connectivity index (χ1) is 11.4. The van der Waals surface area contributed by atoms with Crippen LogP contribution in [0.4, 0.5) is 5.13 Å². The van der Waals surface area contributed by atoms with Gasteiger partial charge >= 0.3 is 0 Å². The van der Waals surface area contributed by atoms with Crippen LogP contribution in [-0.2, 0) is 14.8 Å². The van der Waals surface area contributed by atoms with E-state index in [9.17, 15) is 13.2 Å². The average Bonchev–Trinajstić information content (AvgIpc) is 3.13. The molecule has 7 nitrogen and oxygen atoms in total. The maximum absolute atomic E-state index is 12.5. The van der Waals surface area contributed by atoms with Crippen LogP contribution in [-0.4, -0.2) is 49.1 Å². The van der Waals surface area contributed by atoms with E-state index in [4.69, 9.17) is 4.74 Å². The summed E-state index contributed by atoms with van der Waals surface area (Å²) in [5, 5.41) is 3.20. The van der Waals surface area contributed by atoms with Crippen molar-refractivity contribution in [2.24, 2.45) is 0 Å². The van der Waals surface area contributed by atoms with E-state index < -0.39 is 16.1 Å². The van der Waals surface area contributed by atoms with E-state index in [0.717, 1.165) is 11.0 Å². The molecule has 1 atom stereocenters. The zero-order valence-corrected chi connectivity index (χ0v) is 15.1. The Kier molecular flexibility index (Phi) is 4.75. The van der Waals surface area contributed by atoms with Crippen LogP contribution in [0.2, 0.25) is 0 Å². The lowest BCUT2D eigenvalue weighted by atomic mass is 10.2. The molecular formula is C15H19N3O4S2. The van der Waals surface area contributed by atoms with Gasteiger partial charge in [-0.3, -0.25) is 4.79 Å². The van der Waals surface area contributed by atoms with Crippen molar-refractivity contribution in [1.29, 1.82) is 0 Å². The molecule has 130 valence electrons. The predicted octanol–water partition coefficient (Wildman–Crippen LogP) is 2.06. The summed E-state index contributed by atoms with van der Waals surface area (Å²) >= 11 is 1.34. The molecule has 0 aliphatic carbocycles. The van der Waals surface area contributed by atoms with Gasteiger partial charge in [0.25, 0.3) is 0 Å². The highest BCUT2D eigenvalue weighted by molar-refractivity contribution is 7.88. The molecule has 2 heterocycles. The summed E-state index contributed by atoms with van der Waals surface area (Å²) in [4.78, 5) is 16.9. The minimum Gasteiger partial charge on any atom is -0.492 e. The fourth-order valence-electron chi connectivity index (χ4n) is 2.84. The molecule has 1 aliphatic heterocycles. The Morgan fingerprint density at radius 1 is 1.50 bits per heavy atom. The Bertz CT molecular complexity index is 863. The molecule has 9 heteroatoms. The first kappa shape index (κ1) is 17.1. The third-order valence-corrected chi connectivity index (χ3v) is 6.07. The normalized spacial score (nSPS) is 18.8. The number of anilines is 1. The van der Waals surface area contributed by atoms with Gasteiger partial charge in [0.15, 0.2) is 5.13 Å². The number of ether oxygens (including phenoxy) is 1. The summed E-state index contributed by atoms with van der Waals surface area (Å²) in [7, 11) is -3.39. The van der Waals surface area contributed by atoms with E-state index in [2.05, 4.69) is 10.3 Å². The number of amides is 1. The van der Waals surface area contributed by atoms with Gasteiger partial charge in [0, 0.05) is 6.54 Å². The van der Waals surface area contributed by atoms with Crippen LogP contribution in [0.15, 0.2) is 18.2 Å². The number of para-hydroxylation sites is 1. The smallest absolute Gasteiger partial charge is 0.244 e. The molecule has 24 heavy (non-hydrogen) atoms. The zero-order chi connectivity index (χ0) is 17.3. The van der Waals surface area contributed by atoms with Gasteiger partial charge in [-0.1, -0.05) is 17.4 Å². The van der Waals surface area contributed by atoms with Gasteiger partial charge in [0.2, 0.25) is 15.9 Å². The molecule has 0 radical (unpaired) electrons. The van der Waals surface area contributed by atoms with E-state index in [1.54, 1.807) is 0 Å². The number of hydrogen-bond donors (Lipinski definition) is 1. The number of carbonyl (C=O) groups is 1. The van der Waals surface area contributed by atoms with Gasteiger partial charge < -0.3 is 10.1 Å². The van der Waals surface area contributed by atoms with E-state index in [0.29, 0.717) is 42.4 Å². The molecule has 1 aromatic carbocycles. The molecule has 1 saturated heterocycles. The molecule has 1 unspecified atom stereocenters. The Morgan fingerprint density at radius 3 is 3.00 bits per heavy atom. The SMILES string of the molecule is CCOc1cccc2sc(NC(=O)C3CCCN3S(C)(=O)=O)nc12. The second-order valence-corrected chi connectivity index (χ2v) is 8.54. The Labute approximate surface area is 144 Å². The van der Waals surface area contributed by atoms with Crippen molar-refractivity contribution in [3.05, 3.63) is 18.2 Å².